The number of allylic oxidation sites excluding steroid dienone is 38. The maximum Gasteiger partial charge on any atom is 0.0134 e. The normalized spacial score (nSPS) is 35.0. The van der Waals surface area contributed by atoms with Crippen LogP contribution in [0, 0.1) is 59.2 Å². The van der Waals surface area contributed by atoms with Gasteiger partial charge in [-0.05, 0) is 122 Å². The first-order valence-corrected chi connectivity index (χ1v) is 23.8. The van der Waals surface area contributed by atoms with Gasteiger partial charge >= 0.3 is 0 Å². The van der Waals surface area contributed by atoms with Crippen LogP contribution in [0.1, 0.15) is 38.5 Å². The monoisotopic (exact) mass is 798 g/mol. The molecule has 0 aromatic heterocycles. The molecule has 0 nitrogen and oxygen atoms in total. The van der Waals surface area contributed by atoms with Crippen LogP contribution in [-0.2, 0) is 0 Å². The second kappa shape index (κ2) is 14.8. The third kappa shape index (κ3) is 5.71. The summed E-state index contributed by atoms with van der Waals surface area (Å²) in [5.74, 6) is 4.16. The Morgan fingerprint density at radius 1 is 0.435 bits per heavy atom. The minimum Gasteiger partial charge on any atom is -0.0807 e. The minimum absolute atomic E-state index is 0.286. The molecular formula is C62H54. The van der Waals surface area contributed by atoms with Gasteiger partial charge < -0.3 is 0 Å². The van der Waals surface area contributed by atoms with Gasteiger partial charge in [0.25, 0.3) is 0 Å². The van der Waals surface area contributed by atoms with Crippen LogP contribution in [0.5, 0.6) is 0 Å². The Labute approximate surface area is 367 Å². The molecule has 62 heavy (non-hydrogen) atoms. The molecule has 0 bridgehead atoms. The number of benzene rings is 1. The first kappa shape index (κ1) is 36.7. The lowest BCUT2D eigenvalue weighted by atomic mass is 9.58. The summed E-state index contributed by atoms with van der Waals surface area (Å²) >= 11 is 0. The van der Waals surface area contributed by atoms with Crippen LogP contribution in [0.25, 0.3) is 11.1 Å². The molecule has 0 amide bonds. The molecule has 0 heteroatoms. The highest BCUT2D eigenvalue weighted by Gasteiger charge is 2.43. The van der Waals surface area contributed by atoms with Crippen LogP contribution < -0.4 is 10.4 Å². The van der Waals surface area contributed by atoms with Crippen LogP contribution in [-0.4, -0.2) is 0 Å². The van der Waals surface area contributed by atoms with Crippen molar-refractivity contribution in [1.29, 1.82) is 0 Å². The molecule has 12 aliphatic rings. The van der Waals surface area contributed by atoms with Crippen molar-refractivity contribution in [3.05, 3.63) is 261 Å². The average molecular weight is 799 g/mol. The van der Waals surface area contributed by atoms with Gasteiger partial charge in [0.15, 0.2) is 0 Å². The molecule has 10 atom stereocenters. The molecule has 13 rings (SSSR count). The minimum atomic E-state index is 0.286. The van der Waals surface area contributed by atoms with Gasteiger partial charge in [-0.25, -0.2) is 0 Å². The summed E-state index contributed by atoms with van der Waals surface area (Å²) in [5, 5.41) is 2.91. The third-order valence-corrected chi connectivity index (χ3v) is 16.5. The highest BCUT2D eigenvalue weighted by Crippen LogP contribution is 2.56. The number of rotatable bonds is 5. The van der Waals surface area contributed by atoms with Crippen molar-refractivity contribution in [2.45, 2.75) is 38.5 Å². The first-order valence-electron chi connectivity index (χ1n) is 23.8. The van der Waals surface area contributed by atoms with Gasteiger partial charge in [0.2, 0.25) is 0 Å². The van der Waals surface area contributed by atoms with Crippen LogP contribution in [0.3, 0.4) is 0 Å². The van der Waals surface area contributed by atoms with Crippen LogP contribution in [0.4, 0.5) is 0 Å². The number of hydrogen-bond acceptors (Lipinski definition) is 0. The lowest BCUT2D eigenvalue weighted by molar-refractivity contribution is 0.330. The second-order valence-electron chi connectivity index (χ2n) is 19.4. The molecule has 1 fully saturated rings. The predicted octanol–water partition coefficient (Wildman–Crippen LogP) is 12.9. The van der Waals surface area contributed by atoms with E-state index in [-0.39, 0.29) is 5.92 Å². The topological polar surface area (TPSA) is 0 Å². The molecular weight excluding hydrogens is 745 g/mol. The van der Waals surface area contributed by atoms with E-state index in [0.29, 0.717) is 47.3 Å². The third-order valence-electron chi connectivity index (χ3n) is 16.5. The van der Waals surface area contributed by atoms with Crippen LogP contribution >= 0.6 is 0 Å². The summed E-state index contributed by atoms with van der Waals surface area (Å²) in [6.45, 7) is 0. The Morgan fingerprint density at radius 2 is 1.02 bits per heavy atom. The molecule has 302 valence electrons. The fraction of sp³-hybridized carbons (Fsp3) is 0.258. The molecule has 0 saturated heterocycles. The Hall–Kier alpha value is -5.98. The van der Waals surface area contributed by atoms with E-state index in [1.54, 1.807) is 33.4 Å². The lowest BCUT2D eigenvalue weighted by Crippen LogP contribution is -2.42. The summed E-state index contributed by atoms with van der Waals surface area (Å²) < 4.78 is 0. The lowest BCUT2D eigenvalue weighted by Gasteiger charge is -2.46. The molecule has 0 N–H and O–H groups in total. The number of fused-ring (bicyclic) bond motifs is 5. The van der Waals surface area contributed by atoms with Crippen molar-refractivity contribution in [3.63, 3.8) is 0 Å². The summed E-state index contributed by atoms with van der Waals surface area (Å²) in [5.41, 5.74) is 18.7. The van der Waals surface area contributed by atoms with E-state index < -0.39 is 0 Å². The van der Waals surface area contributed by atoms with E-state index in [2.05, 4.69) is 194 Å². The van der Waals surface area contributed by atoms with Gasteiger partial charge in [-0.3, -0.25) is 0 Å². The van der Waals surface area contributed by atoms with E-state index >= 15 is 0 Å². The largest absolute Gasteiger partial charge is 0.0807 e. The average Bonchev–Trinajstić information content (AvgIpc) is 3.34. The van der Waals surface area contributed by atoms with Gasteiger partial charge in [-0.2, -0.15) is 0 Å². The SMILES string of the molecule is C1=CC2C=CC=C(C3=CC=C(C=CC4=CC=C(C5=c6ccccc6=C(C6=C7CCC8CCC=C9C=CC(=C7C98)CC6)C6C=CC=CC56)C5C=CC=CC45)C4C=CC=CC34)C2C=C1. The highest BCUT2D eigenvalue weighted by molar-refractivity contribution is 5.83. The van der Waals surface area contributed by atoms with Gasteiger partial charge in [-0.15, -0.1) is 0 Å². The standard InChI is InChI=1S/C62H54/c1-2-17-45-39(13-1)14-12-26-49(45)51-35-31-40(46-18-3-5-20-48(46)51)27-28-41-32-36-56(50-21-6-4-19-47(41)50)61-52-22-7-9-24-54(52)62(55-25-10-8-23-53(55)61)58-38-34-44-30-29-42-15-11-16-43-33-37-57(58)60(44)59(42)43/h1-10,12-15,17-32,35-36,39,43,45-48,50,52,54,59H,11,16,33-34,37-38H2. The van der Waals surface area contributed by atoms with Crippen molar-refractivity contribution >= 4 is 11.1 Å². The van der Waals surface area contributed by atoms with Gasteiger partial charge in [0, 0.05) is 53.3 Å². The molecule has 12 aliphatic carbocycles. The summed E-state index contributed by atoms with van der Waals surface area (Å²) in [6.07, 6.45) is 74.4. The van der Waals surface area contributed by atoms with Gasteiger partial charge in [0.05, 0.1) is 0 Å². The van der Waals surface area contributed by atoms with Crippen molar-refractivity contribution < 1.29 is 0 Å². The van der Waals surface area contributed by atoms with Gasteiger partial charge in [0.1, 0.15) is 0 Å². The van der Waals surface area contributed by atoms with Crippen molar-refractivity contribution in [1.82, 2.24) is 0 Å². The molecule has 0 spiro atoms. The van der Waals surface area contributed by atoms with E-state index in [4.69, 9.17) is 0 Å². The summed E-state index contributed by atoms with van der Waals surface area (Å²) in [4.78, 5) is 0. The molecule has 10 unspecified atom stereocenters. The molecule has 1 saturated carbocycles. The van der Waals surface area contributed by atoms with E-state index in [9.17, 15) is 0 Å². The Kier molecular flexibility index (Phi) is 8.77. The smallest absolute Gasteiger partial charge is 0.0134 e. The summed E-state index contributed by atoms with van der Waals surface area (Å²) in [7, 11) is 0. The highest BCUT2D eigenvalue weighted by atomic mass is 14.5. The maximum absolute atomic E-state index is 2.55. The van der Waals surface area contributed by atoms with E-state index in [0.717, 1.165) is 12.3 Å². The Balaban J connectivity index is 0.911. The molecule has 1 aromatic rings. The quantitative estimate of drug-likeness (QED) is 0.278. The Bertz CT molecular complexity index is 2940. The molecule has 0 radical (unpaired) electrons. The first-order chi connectivity index (χ1) is 30.8. The molecule has 0 aliphatic heterocycles. The fourth-order valence-electron chi connectivity index (χ4n) is 13.8. The predicted molar refractivity (Wildman–Crippen MR) is 258 cm³/mol. The second-order valence-corrected chi connectivity index (χ2v) is 19.4. The molecule has 0 heterocycles. The van der Waals surface area contributed by atoms with Crippen molar-refractivity contribution in [2.75, 3.05) is 0 Å². The summed E-state index contributed by atoms with van der Waals surface area (Å²) in [6, 6.07) is 9.51. The van der Waals surface area contributed by atoms with E-state index in [1.165, 1.54) is 76.0 Å². The number of hydrogen-bond donors (Lipinski definition) is 0. The Morgan fingerprint density at radius 3 is 1.77 bits per heavy atom. The zero-order valence-corrected chi connectivity index (χ0v) is 35.5. The maximum atomic E-state index is 2.55. The van der Waals surface area contributed by atoms with Crippen LogP contribution in [0.15, 0.2) is 250 Å². The van der Waals surface area contributed by atoms with Crippen molar-refractivity contribution in [3.8, 4) is 0 Å². The zero-order valence-electron chi connectivity index (χ0n) is 35.5. The van der Waals surface area contributed by atoms with Crippen molar-refractivity contribution in [2.24, 2.45) is 59.2 Å². The molecule has 1 aromatic carbocycles. The van der Waals surface area contributed by atoms with E-state index in [1.807, 2.05) is 0 Å². The fourth-order valence-corrected chi connectivity index (χ4v) is 13.8. The van der Waals surface area contributed by atoms with Gasteiger partial charge in [-0.1, -0.05) is 194 Å². The van der Waals surface area contributed by atoms with Crippen LogP contribution in [0.2, 0.25) is 0 Å². The zero-order chi connectivity index (χ0) is 40.7.